The monoisotopic (exact) mass is 334 g/mol. The van der Waals surface area contributed by atoms with Gasteiger partial charge in [-0.05, 0) is 18.2 Å². The molecule has 0 spiro atoms. The average molecular weight is 335 g/mol. The normalized spacial score (nSPS) is 10.6. The first-order chi connectivity index (χ1) is 8.88. The lowest BCUT2D eigenvalue weighted by Gasteiger charge is -2.12. The number of hydrogen-bond donors (Lipinski definition) is 2. The zero-order chi connectivity index (χ0) is 14.2. The third-order valence-electron chi connectivity index (χ3n) is 2.36. The summed E-state index contributed by atoms with van der Waals surface area (Å²) < 4.78 is 53.6. The van der Waals surface area contributed by atoms with E-state index >= 15 is 0 Å². The van der Waals surface area contributed by atoms with Gasteiger partial charge in [-0.3, -0.25) is 0 Å². The van der Waals surface area contributed by atoms with Gasteiger partial charge in [-0.25, -0.2) is 17.6 Å². The van der Waals surface area contributed by atoms with Crippen molar-refractivity contribution in [1.82, 2.24) is 0 Å². The first-order valence-electron chi connectivity index (χ1n) is 5.04. The second-order valence-corrected chi connectivity index (χ2v) is 4.63. The summed E-state index contributed by atoms with van der Waals surface area (Å²) in [5.74, 6) is -3.76. The van der Waals surface area contributed by atoms with E-state index in [2.05, 4.69) is 21.2 Å². The van der Waals surface area contributed by atoms with Crippen molar-refractivity contribution in [2.45, 2.75) is 0 Å². The largest absolute Gasteiger partial charge is 0.395 e. The van der Waals surface area contributed by atoms with Crippen LogP contribution in [0.3, 0.4) is 0 Å². The van der Waals surface area contributed by atoms with Gasteiger partial charge in [0.1, 0.15) is 11.5 Å². The summed E-state index contributed by atoms with van der Waals surface area (Å²) in [7, 11) is 0. The van der Waals surface area contributed by atoms with Gasteiger partial charge in [0.25, 0.3) is 0 Å². The van der Waals surface area contributed by atoms with Crippen molar-refractivity contribution in [1.29, 1.82) is 0 Å². The minimum Gasteiger partial charge on any atom is -0.395 e. The summed E-state index contributed by atoms with van der Waals surface area (Å²) in [6.07, 6.45) is 0. The predicted molar refractivity (Wildman–Crippen MR) is 68.1 cm³/mol. The number of nitrogens with one attached hydrogen (secondary N) is 1. The van der Waals surface area contributed by atoms with Crippen LogP contribution in [0.25, 0.3) is 0 Å². The SMILES string of the molecule is Nc1c(F)cc(F)cc1Nc1c(F)cc(Br)cc1F. The van der Waals surface area contributed by atoms with Crippen molar-refractivity contribution >= 4 is 33.0 Å². The van der Waals surface area contributed by atoms with Crippen molar-refractivity contribution in [3.8, 4) is 0 Å². The van der Waals surface area contributed by atoms with Crippen molar-refractivity contribution in [2.75, 3.05) is 11.1 Å². The molecule has 0 radical (unpaired) electrons. The molecule has 0 saturated heterocycles. The van der Waals surface area contributed by atoms with E-state index in [4.69, 9.17) is 5.73 Å². The van der Waals surface area contributed by atoms with Crippen LogP contribution in [0.15, 0.2) is 28.7 Å². The van der Waals surface area contributed by atoms with Crippen LogP contribution < -0.4 is 11.1 Å². The lowest BCUT2D eigenvalue weighted by Crippen LogP contribution is -2.03. The summed E-state index contributed by atoms with van der Waals surface area (Å²) in [5.41, 5.74) is 4.15. The Labute approximate surface area is 114 Å². The molecule has 2 nitrogen and oxygen atoms in total. The van der Waals surface area contributed by atoms with Gasteiger partial charge in [0.2, 0.25) is 0 Å². The van der Waals surface area contributed by atoms with Crippen LogP contribution in [0.2, 0.25) is 0 Å². The number of benzene rings is 2. The van der Waals surface area contributed by atoms with Gasteiger partial charge in [0.15, 0.2) is 17.5 Å². The third kappa shape index (κ3) is 2.81. The first kappa shape index (κ1) is 13.7. The van der Waals surface area contributed by atoms with Gasteiger partial charge >= 0.3 is 0 Å². The summed E-state index contributed by atoms with van der Waals surface area (Å²) in [6, 6.07) is 3.45. The van der Waals surface area contributed by atoms with E-state index < -0.39 is 34.6 Å². The van der Waals surface area contributed by atoms with Crippen molar-refractivity contribution in [3.05, 3.63) is 52.0 Å². The Morgan fingerprint density at radius 3 is 2.05 bits per heavy atom. The maximum Gasteiger partial charge on any atom is 0.151 e. The molecule has 0 fully saturated rings. The molecule has 2 aromatic carbocycles. The van der Waals surface area contributed by atoms with E-state index in [0.717, 1.165) is 18.2 Å². The summed E-state index contributed by atoms with van der Waals surface area (Å²) >= 11 is 2.92. The Morgan fingerprint density at radius 1 is 0.895 bits per heavy atom. The Hall–Kier alpha value is -1.76. The molecule has 0 amide bonds. The fraction of sp³-hybridized carbons (Fsp3) is 0. The molecule has 0 aliphatic heterocycles. The third-order valence-corrected chi connectivity index (χ3v) is 2.82. The highest BCUT2D eigenvalue weighted by atomic mass is 79.9. The second-order valence-electron chi connectivity index (χ2n) is 3.72. The van der Waals surface area contributed by atoms with E-state index in [-0.39, 0.29) is 10.2 Å². The highest BCUT2D eigenvalue weighted by Crippen LogP contribution is 2.31. The number of anilines is 3. The van der Waals surface area contributed by atoms with Crippen molar-refractivity contribution in [3.63, 3.8) is 0 Å². The van der Waals surface area contributed by atoms with Crippen molar-refractivity contribution in [2.24, 2.45) is 0 Å². The summed E-state index contributed by atoms with van der Waals surface area (Å²) in [6.45, 7) is 0. The highest BCUT2D eigenvalue weighted by Gasteiger charge is 2.14. The summed E-state index contributed by atoms with van der Waals surface area (Å²) in [5, 5.41) is 2.24. The van der Waals surface area contributed by atoms with Gasteiger partial charge in [-0.2, -0.15) is 0 Å². The molecular weight excluding hydrogens is 328 g/mol. The zero-order valence-corrected chi connectivity index (χ0v) is 10.9. The minimum absolute atomic E-state index is 0.200. The number of nitrogens with two attached hydrogens (primary N) is 1. The van der Waals surface area contributed by atoms with Crippen LogP contribution >= 0.6 is 15.9 Å². The molecule has 2 aromatic rings. The smallest absolute Gasteiger partial charge is 0.151 e. The fourth-order valence-electron chi connectivity index (χ4n) is 1.48. The van der Waals surface area contributed by atoms with E-state index in [1.54, 1.807) is 0 Å². The van der Waals surface area contributed by atoms with E-state index in [0.29, 0.717) is 6.07 Å². The van der Waals surface area contributed by atoms with Gasteiger partial charge in [0.05, 0.1) is 11.4 Å². The Kier molecular flexibility index (Phi) is 3.66. The number of nitrogen functional groups attached to an aromatic ring is 1. The first-order valence-corrected chi connectivity index (χ1v) is 5.84. The number of halogens is 5. The molecule has 0 aliphatic rings. The van der Waals surface area contributed by atoms with Crippen LogP contribution in [-0.4, -0.2) is 0 Å². The van der Waals surface area contributed by atoms with E-state index in [1.165, 1.54) is 0 Å². The molecule has 0 bridgehead atoms. The molecule has 2 rings (SSSR count). The van der Waals surface area contributed by atoms with Gasteiger partial charge < -0.3 is 11.1 Å². The molecule has 100 valence electrons. The van der Waals surface area contributed by atoms with Crippen molar-refractivity contribution < 1.29 is 17.6 Å². The van der Waals surface area contributed by atoms with Crippen LogP contribution in [-0.2, 0) is 0 Å². The maximum absolute atomic E-state index is 13.6. The lowest BCUT2D eigenvalue weighted by atomic mass is 10.2. The standard InChI is InChI=1S/C12H7BrF4N2/c13-5-1-8(16)12(9(17)2-5)19-10-4-6(14)3-7(15)11(10)18/h1-4,19H,18H2. The molecule has 0 aliphatic carbocycles. The highest BCUT2D eigenvalue weighted by molar-refractivity contribution is 9.10. The minimum atomic E-state index is -1.01. The van der Waals surface area contributed by atoms with Crippen LogP contribution in [0.4, 0.5) is 34.6 Å². The van der Waals surface area contributed by atoms with Gasteiger partial charge in [0, 0.05) is 10.5 Å². The van der Waals surface area contributed by atoms with Crippen LogP contribution in [0.1, 0.15) is 0 Å². The van der Waals surface area contributed by atoms with E-state index in [9.17, 15) is 17.6 Å². The van der Waals surface area contributed by atoms with Crippen LogP contribution in [0.5, 0.6) is 0 Å². The maximum atomic E-state index is 13.6. The molecule has 0 aromatic heterocycles. The Morgan fingerprint density at radius 2 is 1.47 bits per heavy atom. The van der Waals surface area contributed by atoms with Gasteiger partial charge in [-0.15, -0.1) is 0 Å². The molecule has 7 heteroatoms. The molecule has 0 unspecified atom stereocenters. The average Bonchev–Trinajstić information content (AvgIpc) is 2.29. The molecule has 0 atom stereocenters. The molecule has 19 heavy (non-hydrogen) atoms. The zero-order valence-electron chi connectivity index (χ0n) is 9.28. The lowest BCUT2D eigenvalue weighted by molar-refractivity contribution is 0.583. The predicted octanol–water partition coefficient (Wildman–Crippen LogP) is 4.33. The second kappa shape index (κ2) is 5.08. The summed E-state index contributed by atoms with van der Waals surface area (Å²) in [4.78, 5) is 0. The molecule has 3 N–H and O–H groups in total. The van der Waals surface area contributed by atoms with Crippen LogP contribution in [0, 0.1) is 23.3 Å². The molecular formula is C12H7BrF4N2. The molecule has 0 heterocycles. The Balaban J connectivity index is 2.48. The number of rotatable bonds is 2. The van der Waals surface area contributed by atoms with Gasteiger partial charge in [-0.1, -0.05) is 15.9 Å². The van der Waals surface area contributed by atoms with E-state index in [1.807, 2.05) is 0 Å². The molecule has 0 saturated carbocycles. The topological polar surface area (TPSA) is 38.0 Å². The Bertz CT molecular complexity index is 623. The fourth-order valence-corrected chi connectivity index (χ4v) is 1.89. The quantitative estimate of drug-likeness (QED) is 0.633. The number of hydrogen-bond acceptors (Lipinski definition) is 2.